The molecule has 0 unspecified atom stereocenters. The number of nitrogen functional groups attached to an aromatic ring is 1. The van der Waals surface area contributed by atoms with Gasteiger partial charge in [-0.15, -0.1) is 0 Å². The second-order valence-corrected chi connectivity index (χ2v) is 4.60. The van der Waals surface area contributed by atoms with E-state index in [0.29, 0.717) is 33.7 Å². The molecule has 0 saturated carbocycles. The van der Waals surface area contributed by atoms with Crippen LogP contribution in [0.1, 0.15) is 17.4 Å². The van der Waals surface area contributed by atoms with Crippen LogP contribution < -0.4 is 11.1 Å². The first-order valence-electron chi connectivity index (χ1n) is 5.61. The van der Waals surface area contributed by atoms with Crippen molar-refractivity contribution in [1.82, 2.24) is 9.78 Å². The van der Waals surface area contributed by atoms with Crippen molar-refractivity contribution in [2.75, 3.05) is 11.1 Å². The summed E-state index contributed by atoms with van der Waals surface area (Å²) < 4.78 is 1.52. The van der Waals surface area contributed by atoms with Crippen molar-refractivity contribution >= 4 is 40.5 Å². The lowest BCUT2D eigenvalue weighted by Gasteiger charge is -2.09. The number of halogens is 2. The van der Waals surface area contributed by atoms with Crippen LogP contribution in [0.5, 0.6) is 0 Å². The van der Waals surface area contributed by atoms with E-state index in [4.69, 9.17) is 28.9 Å². The number of hydrogen-bond acceptors (Lipinski definition) is 3. The van der Waals surface area contributed by atoms with Gasteiger partial charge in [0.25, 0.3) is 5.91 Å². The molecule has 0 aliphatic carbocycles. The molecular formula is C12H12Cl2N4O. The largest absolute Gasteiger partial charge is 0.396 e. The third kappa shape index (κ3) is 2.67. The van der Waals surface area contributed by atoms with E-state index in [-0.39, 0.29) is 5.91 Å². The molecule has 5 nitrogen and oxygen atoms in total. The van der Waals surface area contributed by atoms with E-state index < -0.39 is 0 Å². The highest BCUT2D eigenvalue weighted by atomic mass is 35.5. The summed E-state index contributed by atoms with van der Waals surface area (Å²) in [5.41, 5.74) is 6.79. The zero-order chi connectivity index (χ0) is 14.0. The number of carbonyl (C=O) groups excluding carboxylic acids is 1. The monoisotopic (exact) mass is 298 g/mol. The van der Waals surface area contributed by atoms with Gasteiger partial charge in [-0.1, -0.05) is 29.3 Å². The smallest absolute Gasteiger partial charge is 0.276 e. The van der Waals surface area contributed by atoms with Gasteiger partial charge in [0.15, 0.2) is 0 Å². The SMILES string of the molecule is CCn1ncc(N)c1C(=O)Nc1cccc(Cl)c1Cl. The number of aromatic nitrogens is 2. The molecule has 0 atom stereocenters. The zero-order valence-corrected chi connectivity index (χ0v) is 11.7. The molecule has 1 aromatic heterocycles. The lowest BCUT2D eigenvalue weighted by molar-refractivity contribution is 0.101. The normalized spacial score (nSPS) is 10.5. The number of hydrogen-bond donors (Lipinski definition) is 2. The van der Waals surface area contributed by atoms with Crippen LogP contribution in [0.25, 0.3) is 0 Å². The average Bonchev–Trinajstić information content (AvgIpc) is 2.76. The fraction of sp³-hybridized carbons (Fsp3) is 0.167. The zero-order valence-electron chi connectivity index (χ0n) is 10.2. The number of nitrogens with one attached hydrogen (secondary N) is 1. The van der Waals surface area contributed by atoms with Crippen molar-refractivity contribution in [3.63, 3.8) is 0 Å². The third-order valence-corrected chi connectivity index (χ3v) is 3.40. The topological polar surface area (TPSA) is 72.9 Å². The first-order valence-corrected chi connectivity index (χ1v) is 6.36. The Labute approximate surface area is 120 Å². The predicted molar refractivity (Wildman–Crippen MR) is 76.7 cm³/mol. The standard InChI is InChI=1S/C12H12Cl2N4O/c1-2-18-11(8(15)6-16-18)12(19)17-9-5-3-4-7(13)10(9)14/h3-6H,2,15H2,1H3,(H,17,19). The maximum Gasteiger partial charge on any atom is 0.276 e. The fourth-order valence-electron chi connectivity index (χ4n) is 1.67. The molecule has 0 aliphatic rings. The molecule has 0 saturated heterocycles. The van der Waals surface area contributed by atoms with Gasteiger partial charge in [-0.25, -0.2) is 0 Å². The minimum Gasteiger partial charge on any atom is -0.396 e. The Balaban J connectivity index is 2.31. The summed E-state index contributed by atoms with van der Waals surface area (Å²) in [6.07, 6.45) is 1.44. The summed E-state index contributed by atoms with van der Waals surface area (Å²) in [5.74, 6) is -0.374. The average molecular weight is 299 g/mol. The van der Waals surface area contributed by atoms with Gasteiger partial charge in [0, 0.05) is 6.54 Å². The minimum atomic E-state index is -0.374. The van der Waals surface area contributed by atoms with Crippen LogP contribution in [0.15, 0.2) is 24.4 Å². The van der Waals surface area contributed by atoms with Crippen molar-refractivity contribution in [1.29, 1.82) is 0 Å². The Morgan fingerprint density at radius 2 is 2.21 bits per heavy atom. The van der Waals surface area contributed by atoms with Crippen LogP contribution in [0.3, 0.4) is 0 Å². The summed E-state index contributed by atoms with van der Waals surface area (Å²) in [5, 5.41) is 7.34. The molecule has 0 aliphatic heterocycles. The molecule has 1 aromatic carbocycles. The number of anilines is 2. The van der Waals surface area contributed by atoms with Crippen LogP contribution in [0.4, 0.5) is 11.4 Å². The van der Waals surface area contributed by atoms with Crippen LogP contribution in [0, 0.1) is 0 Å². The van der Waals surface area contributed by atoms with E-state index in [1.165, 1.54) is 10.9 Å². The summed E-state index contributed by atoms with van der Waals surface area (Å²) in [6, 6.07) is 5.00. The maximum atomic E-state index is 12.2. The van der Waals surface area contributed by atoms with Gasteiger partial charge in [-0.05, 0) is 19.1 Å². The molecule has 1 heterocycles. The quantitative estimate of drug-likeness (QED) is 0.915. The van der Waals surface area contributed by atoms with Crippen LogP contribution in [0.2, 0.25) is 10.0 Å². The Morgan fingerprint density at radius 1 is 1.47 bits per heavy atom. The number of carbonyl (C=O) groups is 1. The number of nitrogens with zero attached hydrogens (tertiary/aromatic N) is 2. The fourth-order valence-corrected chi connectivity index (χ4v) is 2.02. The molecule has 7 heteroatoms. The maximum absolute atomic E-state index is 12.2. The van der Waals surface area contributed by atoms with Gasteiger partial charge in [0.2, 0.25) is 0 Å². The molecule has 3 N–H and O–H groups in total. The highest BCUT2D eigenvalue weighted by molar-refractivity contribution is 6.44. The van der Waals surface area contributed by atoms with Crippen LogP contribution in [-0.2, 0) is 6.54 Å². The molecule has 19 heavy (non-hydrogen) atoms. The van der Waals surface area contributed by atoms with E-state index in [9.17, 15) is 4.79 Å². The minimum absolute atomic E-state index is 0.290. The molecule has 0 fully saturated rings. The molecule has 2 aromatic rings. The number of benzene rings is 1. The Hall–Kier alpha value is -1.72. The van der Waals surface area contributed by atoms with Crippen molar-refractivity contribution < 1.29 is 4.79 Å². The molecule has 0 spiro atoms. The first kappa shape index (κ1) is 13.7. The van der Waals surface area contributed by atoms with Gasteiger partial charge in [-0.3, -0.25) is 9.48 Å². The van der Waals surface area contributed by atoms with Crippen molar-refractivity contribution in [2.24, 2.45) is 0 Å². The number of amides is 1. The van der Waals surface area contributed by atoms with Gasteiger partial charge in [0.05, 0.1) is 27.6 Å². The highest BCUT2D eigenvalue weighted by Gasteiger charge is 2.17. The second kappa shape index (κ2) is 5.50. The van der Waals surface area contributed by atoms with E-state index in [0.717, 1.165) is 0 Å². The first-order chi connectivity index (χ1) is 9.04. The van der Waals surface area contributed by atoms with Crippen molar-refractivity contribution in [3.8, 4) is 0 Å². The van der Waals surface area contributed by atoms with Gasteiger partial charge < -0.3 is 11.1 Å². The van der Waals surface area contributed by atoms with Crippen molar-refractivity contribution in [3.05, 3.63) is 40.1 Å². The van der Waals surface area contributed by atoms with Crippen LogP contribution >= 0.6 is 23.2 Å². The molecule has 2 rings (SSSR count). The van der Waals surface area contributed by atoms with E-state index in [1.54, 1.807) is 18.2 Å². The summed E-state index contributed by atoms with van der Waals surface area (Å²) in [4.78, 5) is 12.2. The van der Waals surface area contributed by atoms with Crippen molar-refractivity contribution in [2.45, 2.75) is 13.5 Å². The number of rotatable bonds is 3. The second-order valence-electron chi connectivity index (χ2n) is 3.82. The van der Waals surface area contributed by atoms with E-state index >= 15 is 0 Å². The molecule has 1 amide bonds. The van der Waals surface area contributed by atoms with Gasteiger partial charge in [0.1, 0.15) is 5.69 Å². The van der Waals surface area contributed by atoms with E-state index in [2.05, 4.69) is 10.4 Å². The molecule has 100 valence electrons. The Bertz CT molecular complexity index is 624. The van der Waals surface area contributed by atoms with E-state index in [1.807, 2.05) is 6.92 Å². The Morgan fingerprint density at radius 3 is 2.89 bits per heavy atom. The molecule has 0 bridgehead atoms. The van der Waals surface area contributed by atoms with Crippen LogP contribution in [-0.4, -0.2) is 15.7 Å². The van der Waals surface area contributed by atoms with Gasteiger partial charge >= 0.3 is 0 Å². The number of nitrogens with two attached hydrogens (primary N) is 1. The molecular weight excluding hydrogens is 287 g/mol. The molecule has 0 radical (unpaired) electrons. The lowest BCUT2D eigenvalue weighted by Crippen LogP contribution is -2.19. The lowest BCUT2D eigenvalue weighted by atomic mass is 10.3. The predicted octanol–water partition coefficient (Wildman–Crippen LogP) is 3.04. The summed E-state index contributed by atoms with van der Waals surface area (Å²) in [7, 11) is 0. The highest BCUT2D eigenvalue weighted by Crippen LogP contribution is 2.30. The Kier molecular flexibility index (Phi) is 3.97. The summed E-state index contributed by atoms with van der Waals surface area (Å²) in [6.45, 7) is 2.42. The summed E-state index contributed by atoms with van der Waals surface area (Å²) >= 11 is 11.9. The number of aryl methyl sites for hydroxylation is 1. The van der Waals surface area contributed by atoms with Gasteiger partial charge in [-0.2, -0.15) is 5.10 Å². The third-order valence-electron chi connectivity index (χ3n) is 2.58.